The molecule has 0 fully saturated rings. The summed E-state index contributed by atoms with van der Waals surface area (Å²) in [5.41, 5.74) is 2.08. The van der Waals surface area contributed by atoms with E-state index in [4.69, 9.17) is 0 Å². The van der Waals surface area contributed by atoms with Crippen LogP contribution in [0.5, 0.6) is 0 Å². The van der Waals surface area contributed by atoms with Gasteiger partial charge >= 0.3 is 0 Å². The summed E-state index contributed by atoms with van der Waals surface area (Å²) in [6, 6.07) is 0.252. The first-order valence-corrected chi connectivity index (χ1v) is 6.15. The lowest BCUT2D eigenvalue weighted by molar-refractivity contribution is -0.130. The maximum absolute atomic E-state index is 12.4. The van der Waals surface area contributed by atoms with Gasteiger partial charge in [0.25, 0.3) is 5.91 Å². The first-order chi connectivity index (χ1) is 7.36. The Labute approximate surface area is 98.9 Å². The molecule has 0 unspecified atom stereocenters. The predicted molar refractivity (Wildman–Crippen MR) is 66.7 cm³/mol. The molecule has 92 valence electrons. The van der Waals surface area contributed by atoms with Gasteiger partial charge in [0.05, 0.1) is 6.67 Å². The van der Waals surface area contributed by atoms with Crippen molar-refractivity contribution >= 4 is 5.91 Å². The van der Waals surface area contributed by atoms with E-state index in [0.717, 1.165) is 11.3 Å². The number of hydrogen-bond acceptors (Lipinski definition) is 2. The second-order valence-corrected chi connectivity index (χ2v) is 5.34. The molecule has 0 radical (unpaired) electrons. The second-order valence-electron chi connectivity index (χ2n) is 5.34. The number of amides is 1. The van der Waals surface area contributed by atoms with Crippen LogP contribution in [0.4, 0.5) is 0 Å². The zero-order chi connectivity index (χ0) is 12.5. The summed E-state index contributed by atoms with van der Waals surface area (Å²) in [5, 5.41) is 3.40. The Morgan fingerprint density at radius 3 is 2.00 bits per heavy atom. The van der Waals surface area contributed by atoms with Gasteiger partial charge in [0.2, 0.25) is 0 Å². The van der Waals surface area contributed by atoms with Gasteiger partial charge in [-0.1, -0.05) is 27.7 Å². The molecule has 0 spiro atoms. The van der Waals surface area contributed by atoms with Crippen molar-refractivity contribution in [1.82, 2.24) is 10.2 Å². The summed E-state index contributed by atoms with van der Waals surface area (Å²) in [5.74, 6) is 0.863. The fraction of sp³-hybridized carbons (Fsp3) is 0.769. The summed E-state index contributed by atoms with van der Waals surface area (Å²) in [6.45, 7) is 13.2. The fourth-order valence-corrected chi connectivity index (χ4v) is 2.10. The van der Waals surface area contributed by atoms with Gasteiger partial charge in [-0.25, -0.2) is 0 Å². The molecule has 16 heavy (non-hydrogen) atoms. The van der Waals surface area contributed by atoms with E-state index in [1.807, 2.05) is 4.90 Å². The minimum Gasteiger partial charge on any atom is -0.370 e. The van der Waals surface area contributed by atoms with Gasteiger partial charge in [-0.2, -0.15) is 0 Å². The highest BCUT2D eigenvalue weighted by Crippen LogP contribution is 2.25. The van der Waals surface area contributed by atoms with Crippen LogP contribution in [-0.4, -0.2) is 23.5 Å². The van der Waals surface area contributed by atoms with Gasteiger partial charge < -0.3 is 10.2 Å². The Hall–Kier alpha value is -0.990. The Bertz CT molecular complexity index is 303. The predicted octanol–water partition coefficient (Wildman–Crippen LogP) is 2.35. The number of carbonyl (C=O) groups is 1. The van der Waals surface area contributed by atoms with Gasteiger partial charge in [-0.3, -0.25) is 4.79 Å². The van der Waals surface area contributed by atoms with Crippen molar-refractivity contribution < 1.29 is 4.79 Å². The molecule has 0 aliphatic carbocycles. The van der Waals surface area contributed by atoms with E-state index in [2.05, 4.69) is 46.9 Å². The molecule has 0 aromatic heterocycles. The Morgan fingerprint density at radius 2 is 1.62 bits per heavy atom. The average Bonchev–Trinajstić information content (AvgIpc) is 2.15. The van der Waals surface area contributed by atoms with Crippen LogP contribution in [0, 0.1) is 11.8 Å². The zero-order valence-electron chi connectivity index (χ0n) is 11.3. The highest BCUT2D eigenvalue weighted by molar-refractivity contribution is 5.95. The molecule has 1 aliphatic heterocycles. The summed E-state index contributed by atoms with van der Waals surface area (Å²) in [4.78, 5) is 14.2. The Kier molecular flexibility index (Phi) is 4.00. The van der Waals surface area contributed by atoms with E-state index in [9.17, 15) is 4.79 Å². The maximum atomic E-state index is 12.4. The van der Waals surface area contributed by atoms with E-state index in [1.54, 1.807) is 0 Å². The van der Waals surface area contributed by atoms with Crippen LogP contribution >= 0.6 is 0 Å². The molecular formula is C13H24N2O. The summed E-state index contributed by atoms with van der Waals surface area (Å²) in [6.07, 6.45) is 0. The topological polar surface area (TPSA) is 32.3 Å². The molecular weight excluding hydrogens is 200 g/mol. The van der Waals surface area contributed by atoms with E-state index in [-0.39, 0.29) is 17.9 Å². The summed E-state index contributed by atoms with van der Waals surface area (Å²) >= 11 is 0. The molecule has 0 saturated heterocycles. The second kappa shape index (κ2) is 4.89. The van der Waals surface area contributed by atoms with Crippen molar-refractivity contribution in [2.24, 2.45) is 11.8 Å². The maximum Gasteiger partial charge on any atom is 0.253 e. The molecule has 0 aromatic rings. The number of nitrogens with zero attached hydrogens (tertiary/aromatic N) is 1. The number of carbonyl (C=O) groups excluding carboxylic acids is 1. The van der Waals surface area contributed by atoms with Crippen molar-refractivity contribution in [3.63, 3.8) is 0 Å². The highest BCUT2D eigenvalue weighted by Gasteiger charge is 2.30. The SMILES string of the molecule is CC(C)C1=C(C(C)C)C(=O)N(C(C)C)CN1. The third kappa shape index (κ3) is 2.39. The first-order valence-electron chi connectivity index (χ1n) is 6.15. The zero-order valence-corrected chi connectivity index (χ0v) is 11.3. The molecule has 0 bridgehead atoms. The normalized spacial score (nSPS) is 17.8. The molecule has 1 N–H and O–H groups in total. The molecule has 3 heteroatoms. The molecule has 3 nitrogen and oxygen atoms in total. The van der Waals surface area contributed by atoms with Gasteiger partial charge in [0.1, 0.15) is 0 Å². The fourth-order valence-electron chi connectivity index (χ4n) is 2.10. The number of allylic oxidation sites excluding steroid dienone is 1. The summed E-state index contributed by atoms with van der Waals surface area (Å²) < 4.78 is 0. The lowest BCUT2D eigenvalue weighted by atomic mass is 9.92. The largest absolute Gasteiger partial charge is 0.370 e. The molecule has 1 amide bonds. The van der Waals surface area contributed by atoms with E-state index < -0.39 is 0 Å². The van der Waals surface area contributed by atoms with Crippen LogP contribution in [0.3, 0.4) is 0 Å². The van der Waals surface area contributed by atoms with E-state index >= 15 is 0 Å². The van der Waals surface area contributed by atoms with Crippen molar-refractivity contribution in [3.05, 3.63) is 11.3 Å². The lowest BCUT2D eigenvalue weighted by Gasteiger charge is -2.36. The van der Waals surface area contributed by atoms with Gasteiger partial charge in [-0.15, -0.1) is 0 Å². The number of rotatable bonds is 3. The molecule has 0 saturated carbocycles. The minimum atomic E-state index is 0.201. The Balaban J connectivity index is 3.10. The van der Waals surface area contributed by atoms with Crippen LogP contribution in [0.1, 0.15) is 41.5 Å². The summed E-state index contributed by atoms with van der Waals surface area (Å²) in [7, 11) is 0. The number of nitrogens with one attached hydrogen (secondary N) is 1. The van der Waals surface area contributed by atoms with Crippen LogP contribution in [0.2, 0.25) is 0 Å². The van der Waals surface area contributed by atoms with E-state index in [1.165, 1.54) is 0 Å². The third-order valence-electron chi connectivity index (χ3n) is 3.00. The van der Waals surface area contributed by atoms with Gasteiger partial charge in [-0.05, 0) is 25.7 Å². The highest BCUT2D eigenvalue weighted by atomic mass is 16.2. The molecule has 1 heterocycles. The van der Waals surface area contributed by atoms with Crippen molar-refractivity contribution in [2.75, 3.05) is 6.67 Å². The molecule has 0 aromatic carbocycles. The first kappa shape index (κ1) is 13.1. The molecule has 1 rings (SSSR count). The quantitative estimate of drug-likeness (QED) is 0.798. The molecule has 1 aliphatic rings. The van der Waals surface area contributed by atoms with Crippen molar-refractivity contribution in [1.29, 1.82) is 0 Å². The van der Waals surface area contributed by atoms with Crippen LogP contribution in [0.15, 0.2) is 11.3 Å². The smallest absolute Gasteiger partial charge is 0.253 e. The number of hydrogen-bond donors (Lipinski definition) is 1. The molecule has 0 atom stereocenters. The monoisotopic (exact) mass is 224 g/mol. The van der Waals surface area contributed by atoms with Crippen LogP contribution in [-0.2, 0) is 4.79 Å². The Morgan fingerprint density at radius 1 is 1.06 bits per heavy atom. The van der Waals surface area contributed by atoms with Gasteiger partial charge in [0, 0.05) is 17.3 Å². The minimum absolute atomic E-state index is 0.201. The van der Waals surface area contributed by atoms with Crippen molar-refractivity contribution in [2.45, 2.75) is 47.6 Å². The van der Waals surface area contributed by atoms with Gasteiger partial charge in [0.15, 0.2) is 0 Å². The van der Waals surface area contributed by atoms with Crippen LogP contribution in [0.25, 0.3) is 0 Å². The van der Waals surface area contributed by atoms with Crippen LogP contribution < -0.4 is 5.32 Å². The average molecular weight is 224 g/mol. The lowest BCUT2D eigenvalue weighted by Crippen LogP contribution is -2.50. The van der Waals surface area contributed by atoms with Crippen molar-refractivity contribution in [3.8, 4) is 0 Å². The van der Waals surface area contributed by atoms with E-state index in [0.29, 0.717) is 12.6 Å². The third-order valence-corrected chi connectivity index (χ3v) is 3.00. The standard InChI is InChI=1S/C13H24N2O/c1-8(2)11-12(9(3)4)14-7-15(10(5)6)13(11)16/h8-10,14H,7H2,1-6H3.